The van der Waals surface area contributed by atoms with Gasteiger partial charge in [-0.3, -0.25) is 10.2 Å². The number of rotatable bonds is 10. The molecule has 0 aliphatic carbocycles. The Balaban J connectivity index is 2.05. The van der Waals surface area contributed by atoms with Crippen LogP contribution in [0, 0.1) is 0 Å². The molecular weight excluding hydrogens is 446 g/mol. The number of benzene rings is 1. The molecule has 0 fully saturated rings. The molecule has 1 heterocycles. The van der Waals surface area contributed by atoms with E-state index in [4.69, 9.17) is 14.2 Å². The smallest absolute Gasteiger partial charge is 0.311 e. The van der Waals surface area contributed by atoms with E-state index in [0.29, 0.717) is 35.5 Å². The number of carbonyl (C=O) groups excluding carboxylic acids is 1. The number of nitrogens with one attached hydrogen (secondary N) is 1. The van der Waals surface area contributed by atoms with Crippen molar-refractivity contribution >= 4 is 44.6 Å². The lowest BCUT2D eigenvalue weighted by Crippen LogP contribution is -2.08. The zero-order valence-corrected chi connectivity index (χ0v) is 18.7. The molecule has 0 unspecified atom stereocenters. The van der Waals surface area contributed by atoms with Crippen LogP contribution in [0.4, 0.5) is 5.13 Å². The molecule has 1 aromatic heterocycles. The maximum absolute atomic E-state index is 11.5. The number of hydrogen-bond donors (Lipinski definition) is 1. The summed E-state index contributed by atoms with van der Waals surface area (Å²) in [6, 6.07) is 3.77. The average molecular weight is 470 g/mol. The lowest BCUT2D eigenvalue weighted by molar-refractivity contribution is -0.142. The Morgan fingerprint density at radius 3 is 2.82 bits per heavy atom. The van der Waals surface area contributed by atoms with E-state index in [1.807, 2.05) is 32.9 Å². The van der Waals surface area contributed by atoms with Crippen LogP contribution in [0.3, 0.4) is 0 Å². The molecule has 1 aromatic carbocycles. The number of thiazole rings is 1. The summed E-state index contributed by atoms with van der Waals surface area (Å²) in [4.78, 5) is 15.8. The van der Waals surface area contributed by atoms with Crippen LogP contribution in [0.2, 0.25) is 0 Å². The molecule has 9 heteroatoms. The number of halogens is 1. The second-order valence-electron chi connectivity index (χ2n) is 5.93. The molecule has 1 N–H and O–H groups in total. The van der Waals surface area contributed by atoms with Crippen molar-refractivity contribution in [2.24, 2.45) is 5.10 Å². The van der Waals surface area contributed by atoms with E-state index in [-0.39, 0.29) is 18.5 Å². The molecule has 0 aliphatic heterocycles. The predicted molar refractivity (Wildman–Crippen MR) is 115 cm³/mol. The third kappa shape index (κ3) is 6.79. The highest BCUT2D eigenvalue weighted by atomic mass is 79.9. The highest BCUT2D eigenvalue weighted by molar-refractivity contribution is 9.10. The second kappa shape index (κ2) is 11.0. The molecule has 0 saturated heterocycles. The van der Waals surface area contributed by atoms with Gasteiger partial charge in [0.1, 0.15) is 0 Å². The highest BCUT2D eigenvalue weighted by Crippen LogP contribution is 2.37. The van der Waals surface area contributed by atoms with Crippen molar-refractivity contribution in [2.45, 2.75) is 40.2 Å². The van der Waals surface area contributed by atoms with Gasteiger partial charge < -0.3 is 14.2 Å². The zero-order chi connectivity index (χ0) is 20.5. The number of hydrazone groups is 1. The minimum Gasteiger partial charge on any atom is -0.490 e. The summed E-state index contributed by atoms with van der Waals surface area (Å²) in [5.41, 5.74) is 4.36. The fraction of sp³-hybridized carbons (Fsp3) is 0.421. The summed E-state index contributed by atoms with van der Waals surface area (Å²) in [6.45, 7) is 8.52. The van der Waals surface area contributed by atoms with Crippen molar-refractivity contribution in [3.63, 3.8) is 0 Å². The van der Waals surface area contributed by atoms with Crippen molar-refractivity contribution in [1.82, 2.24) is 4.98 Å². The fourth-order valence-corrected chi connectivity index (χ4v) is 3.45. The predicted octanol–water partition coefficient (Wildman–Crippen LogP) is 4.64. The number of anilines is 1. The Morgan fingerprint density at radius 2 is 2.14 bits per heavy atom. The highest BCUT2D eigenvalue weighted by Gasteiger charge is 2.13. The number of carbonyl (C=O) groups is 1. The third-order valence-electron chi connectivity index (χ3n) is 3.24. The van der Waals surface area contributed by atoms with E-state index in [1.54, 1.807) is 18.5 Å². The zero-order valence-electron chi connectivity index (χ0n) is 16.3. The van der Waals surface area contributed by atoms with E-state index in [2.05, 4.69) is 31.4 Å². The molecule has 0 saturated carbocycles. The first kappa shape index (κ1) is 22.2. The standard InChI is InChI=1S/C19H24BrN3O4S/c1-5-25-16-8-13(7-15(20)18(16)27-12(3)4)10-21-23-19-22-14(11-28-19)9-17(24)26-6-2/h7-8,10-12H,5-6,9H2,1-4H3,(H,22,23). The van der Waals surface area contributed by atoms with Gasteiger partial charge in [0.2, 0.25) is 5.13 Å². The van der Waals surface area contributed by atoms with Crippen molar-refractivity contribution in [2.75, 3.05) is 18.6 Å². The van der Waals surface area contributed by atoms with Crippen LogP contribution in [0.25, 0.3) is 0 Å². The molecule has 0 amide bonds. The van der Waals surface area contributed by atoms with Gasteiger partial charge in [0, 0.05) is 5.38 Å². The SMILES string of the molecule is CCOC(=O)Cc1csc(NN=Cc2cc(Br)c(OC(C)C)c(OCC)c2)n1. The van der Waals surface area contributed by atoms with Crippen molar-refractivity contribution in [3.8, 4) is 11.5 Å². The van der Waals surface area contributed by atoms with Gasteiger partial charge >= 0.3 is 5.97 Å². The van der Waals surface area contributed by atoms with Gasteiger partial charge in [-0.25, -0.2) is 4.98 Å². The number of esters is 1. The summed E-state index contributed by atoms with van der Waals surface area (Å²) in [7, 11) is 0. The maximum atomic E-state index is 11.5. The maximum Gasteiger partial charge on any atom is 0.311 e. The van der Waals surface area contributed by atoms with Gasteiger partial charge in [0.25, 0.3) is 0 Å². The number of hydrogen-bond acceptors (Lipinski definition) is 8. The second-order valence-corrected chi connectivity index (χ2v) is 7.64. The molecule has 0 atom stereocenters. The van der Waals surface area contributed by atoms with Crippen LogP contribution in [-0.4, -0.2) is 36.5 Å². The van der Waals surface area contributed by atoms with Gasteiger partial charge in [0.15, 0.2) is 11.5 Å². The first-order valence-electron chi connectivity index (χ1n) is 8.95. The Bertz CT molecular complexity index is 824. The third-order valence-corrected chi connectivity index (χ3v) is 4.63. The molecule has 0 aliphatic rings. The van der Waals surface area contributed by atoms with E-state index >= 15 is 0 Å². The van der Waals surface area contributed by atoms with Gasteiger partial charge in [-0.1, -0.05) is 0 Å². The minimum absolute atomic E-state index is 0.0328. The van der Waals surface area contributed by atoms with Gasteiger partial charge in [0.05, 0.1) is 42.1 Å². The Labute approximate surface area is 177 Å². The summed E-state index contributed by atoms with van der Waals surface area (Å²) in [5.74, 6) is 1.03. The van der Waals surface area contributed by atoms with Crippen LogP contribution >= 0.6 is 27.3 Å². The number of aromatic nitrogens is 1. The lowest BCUT2D eigenvalue weighted by atomic mass is 10.2. The van der Waals surface area contributed by atoms with Crippen LogP contribution in [0.1, 0.15) is 39.0 Å². The molecule has 0 spiro atoms. The molecule has 0 radical (unpaired) electrons. The van der Waals surface area contributed by atoms with Crippen molar-refractivity contribution < 1.29 is 19.0 Å². The molecule has 28 heavy (non-hydrogen) atoms. The van der Waals surface area contributed by atoms with Crippen molar-refractivity contribution in [1.29, 1.82) is 0 Å². The summed E-state index contributed by atoms with van der Waals surface area (Å²) >= 11 is 4.90. The largest absolute Gasteiger partial charge is 0.490 e. The first-order chi connectivity index (χ1) is 13.4. The van der Waals surface area contributed by atoms with E-state index in [0.717, 1.165) is 10.0 Å². The van der Waals surface area contributed by atoms with Gasteiger partial charge in [-0.15, -0.1) is 11.3 Å². The number of ether oxygens (including phenoxy) is 3. The molecule has 7 nitrogen and oxygen atoms in total. The minimum atomic E-state index is -0.292. The van der Waals surface area contributed by atoms with Gasteiger partial charge in [-0.2, -0.15) is 5.10 Å². The van der Waals surface area contributed by atoms with Crippen LogP contribution in [-0.2, 0) is 16.0 Å². The molecule has 2 rings (SSSR count). The van der Waals surface area contributed by atoms with E-state index < -0.39 is 0 Å². The van der Waals surface area contributed by atoms with Crippen LogP contribution in [0.5, 0.6) is 11.5 Å². The van der Waals surface area contributed by atoms with Gasteiger partial charge in [-0.05, 0) is 61.3 Å². The van der Waals surface area contributed by atoms with Crippen LogP contribution < -0.4 is 14.9 Å². The molecule has 0 bridgehead atoms. The molecular formula is C19H24BrN3O4S. The summed E-state index contributed by atoms with van der Waals surface area (Å²) in [6.07, 6.45) is 1.85. The number of nitrogens with zero attached hydrogens (tertiary/aromatic N) is 2. The van der Waals surface area contributed by atoms with Crippen molar-refractivity contribution in [3.05, 3.63) is 33.2 Å². The normalized spacial score (nSPS) is 11.1. The monoisotopic (exact) mass is 469 g/mol. The Morgan fingerprint density at radius 1 is 1.36 bits per heavy atom. The Hall–Kier alpha value is -2.13. The van der Waals surface area contributed by atoms with Crippen LogP contribution in [0.15, 0.2) is 27.1 Å². The lowest BCUT2D eigenvalue weighted by Gasteiger charge is -2.16. The van der Waals surface area contributed by atoms with E-state index in [9.17, 15) is 4.79 Å². The average Bonchev–Trinajstić information content (AvgIpc) is 3.05. The summed E-state index contributed by atoms with van der Waals surface area (Å²) in [5, 5.41) is 6.61. The fourth-order valence-electron chi connectivity index (χ4n) is 2.24. The quantitative estimate of drug-likeness (QED) is 0.310. The first-order valence-corrected chi connectivity index (χ1v) is 10.6. The Kier molecular flexibility index (Phi) is 8.72. The molecule has 2 aromatic rings. The topological polar surface area (TPSA) is 82.0 Å². The molecule has 152 valence electrons. The van der Waals surface area contributed by atoms with E-state index in [1.165, 1.54) is 11.3 Å². The summed E-state index contributed by atoms with van der Waals surface area (Å²) < 4.78 is 17.2.